The fraction of sp³-hybridized carbons (Fsp3) is 0.381. The molecule has 0 spiro atoms. The van der Waals surface area contributed by atoms with Crippen LogP contribution in [0.15, 0.2) is 36.4 Å². The van der Waals surface area contributed by atoms with Gasteiger partial charge < -0.3 is 10.2 Å². The largest absolute Gasteiger partial charge is 0.508 e. The number of halogens is 3. The van der Waals surface area contributed by atoms with E-state index >= 15 is 0 Å². The van der Waals surface area contributed by atoms with Gasteiger partial charge in [-0.2, -0.15) is 18.3 Å². The molecule has 0 unspecified atom stereocenters. The topological polar surface area (TPSA) is 58.3 Å². The van der Waals surface area contributed by atoms with E-state index in [2.05, 4.69) is 5.10 Å². The van der Waals surface area contributed by atoms with Gasteiger partial charge in [0.2, 0.25) is 0 Å². The van der Waals surface area contributed by atoms with Crippen LogP contribution in [-0.4, -0.2) is 20.0 Å². The van der Waals surface area contributed by atoms with E-state index in [1.54, 1.807) is 6.07 Å². The molecule has 2 N–H and O–H groups in total. The van der Waals surface area contributed by atoms with Crippen LogP contribution in [0.25, 0.3) is 22.2 Å². The Morgan fingerprint density at radius 3 is 2.46 bits per heavy atom. The molecule has 148 valence electrons. The molecule has 1 fully saturated rings. The van der Waals surface area contributed by atoms with Crippen molar-refractivity contribution in [2.24, 2.45) is 5.92 Å². The van der Waals surface area contributed by atoms with E-state index in [-0.39, 0.29) is 22.7 Å². The number of phenolic OH excluding ortho intramolecular Hbond substituents is 2. The van der Waals surface area contributed by atoms with Gasteiger partial charge in [-0.25, -0.2) is 0 Å². The number of rotatable bonds is 3. The molecule has 1 aliphatic carbocycles. The van der Waals surface area contributed by atoms with E-state index in [1.165, 1.54) is 22.9 Å². The number of aromatic nitrogens is 2. The second-order valence-electron chi connectivity index (χ2n) is 7.44. The number of hydrogen-bond acceptors (Lipinski definition) is 3. The first-order chi connectivity index (χ1) is 13.3. The van der Waals surface area contributed by atoms with Crippen molar-refractivity contribution in [3.8, 4) is 22.8 Å². The highest BCUT2D eigenvalue weighted by atomic mass is 19.4. The fourth-order valence-corrected chi connectivity index (χ4v) is 4.13. The van der Waals surface area contributed by atoms with Gasteiger partial charge in [-0.05, 0) is 37.0 Å². The molecule has 0 bridgehead atoms. The molecular weight excluding hydrogens is 369 g/mol. The molecule has 0 radical (unpaired) electrons. The van der Waals surface area contributed by atoms with E-state index in [0.717, 1.165) is 44.2 Å². The summed E-state index contributed by atoms with van der Waals surface area (Å²) in [4.78, 5) is 0. The number of benzene rings is 2. The van der Waals surface area contributed by atoms with Crippen molar-refractivity contribution in [3.63, 3.8) is 0 Å². The van der Waals surface area contributed by atoms with Crippen LogP contribution in [0.3, 0.4) is 0 Å². The highest BCUT2D eigenvalue weighted by Crippen LogP contribution is 2.41. The van der Waals surface area contributed by atoms with E-state index in [1.807, 2.05) is 0 Å². The molecule has 4 nitrogen and oxygen atoms in total. The minimum Gasteiger partial charge on any atom is -0.508 e. The number of phenols is 2. The van der Waals surface area contributed by atoms with Crippen LogP contribution < -0.4 is 0 Å². The summed E-state index contributed by atoms with van der Waals surface area (Å²) in [6, 6.07) is 8.04. The Balaban J connectivity index is 1.91. The zero-order valence-corrected chi connectivity index (χ0v) is 15.2. The third kappa shape index (κ3) is 3.41. The Morgan fingerprint density at radius 2 is 1.79 bits per heavy atom. The maximum atomic E-state index is 13.7. The Morgan fingerprint density at radius 1 is 1.04 bits per heavy atom. The lowest BCUT2D eigenvalue weighted by molar-refractivity contribution is -0.136. The summed E-state index contributed by atoms with van der Waals surface area (Å²) < 4.78 is 42.5. The summed E-state index contributed by atoms with van der Waals surface area (Å²) >= 11 is 0. The molecule has 0 amide bonds. The number of aromatic hydroxyl groups is 2. The molecule has 1 heterocycles. The molecule has 7 heteroatoms. The zero-order chi connectivity index (χ0) is 19.9. The van der Waals surface area contributed by atoms with Gasteiger partial charge in [-0.15, -0.1) is 0 Å². The third-order valence-electron chi connectivity index (χ3n) is 5.47. The summed E-state index contributed by atoms with van der Waals surface area (Å²) in [6.45, 7) is 0.419. The van der Waals surface area contributed by atoms with Gasteiger partial charge >= 0.3 is 6.18 Å². The van der Waals surface area contributed by atoms with E-state index < -0.39 is 11.7 Å². The first-order valence-electron chi connectivity index (χ1n) is 9.43. The number of alkyl halides is 3. The summed E-state index contributed by atoms with van der Waals surface area (Å²) in [5.74, 6) is -0.0517. The Labute approximate surface area is 160 Å². The first kappa shape index (κ1) is 18.7. The maximum absolute atomic E-state index is 13.7. The van der Waals surface area contributed by atoms with Gasteiger partial charge in [-0.1, -0.05) is 31.4 Å². The summed E-state index contributed by atoms with van der Waals surface area (Å²) in [5.41, 5.74) is -0.0974. The van der Waals surface area contributed by atoms with Crippen molar-refractivity contribution in [1.29, 1.82) is 0 Å². The van der Waals surface area contributed by atoms with Crippen LogP contribution in [-0.2, 0) is 12.7 Å². The van der Waals surface area contributed by atoms with Gasteiger partial charge in [0.25, 0.3) is 0 Å². The van der Waals surface area contributed by atoms with Gasteiger partial charge in [0.05, 0.1) is 11.1 Å². The van der Waals surface area contributed by atoms with Gasteiger partial charge in [0.1, 0.15) is 17.2 Å². The van der Waals surface area contributed by atoms with Crippen molar-refractivity contribution >= 4 is 10.9 Å². The molecule has 1 saturated carbocycles. The maximum Gasteiger partial charge on any atom is 0.418 e. The Bertz CT molecular complexity index is 1000. The van der Waals surface area contributed by atoms with E-state index in [0.29, 0.717) is 23.4 Å². The molecule has 0 aliphatic heterocycles. The lowest BCUT2D eigenvalue weighted by Crippen LogP contribution is -2.17. The predicted octanol–water partition coefficient (Wildman–Crippen LogP) is 5.71. The average molecular weight is 390 g/mol. The number of hydrogen-bond donors (Lipinski definition) is 2. The highest BCUT2D eigenvalue weighted by Gasteiger charge is 2.35. The Kier molecular flexibility index (Phi) is 4.69. The van der Waals surface area contributed by atoms with Crippen LogP contribution >= 0.6 is 0 Å². The normalized spacial score (nSPS) is 16.0. The molecule has 1 aromatic heterocycles. The molecular formula is C21H21F3N2O2. The summed E-state index contributed by atoms with van der Waals surface area (Å²) in [7, 11) is 0. The van der Waals surface area contributed by atoms with Gasteiger partial charge in [0.15, 0.2) is 0 Å². The van der Waals surface area contributed by atoms with Crippen LogP contribution in [0.2, 0.25) is 0 Å². The number of para-hydroxylation sites is 1. The fourth-order valence-electron chi connectivity index (χ4n) is 4.13. The molecule has 0 atom stereocenters. The van der Waals surface area contributed by atoms with Crippen molar-refractivity contribution in [1.82, 2.24) is 9.78 Å². The second kappa shape index (κ2) is 7.04. The van der Waals surface area contributed by atoms with Gasteiger partial charge in [0, 0.05) is 23.6 Å². The molecule has 4 rings (SSSR count). The molecule has 0 saturated heterocycles. The minimum atomic E-state index is -4.50. The van der Waals surface area contributed by atoms with Gasteiger partial charge in [-0.3, -0.25) is 4.68 Å². The van der Waals surface area contributed by atoms with Crippen molar-refractivity contribution < 1.29 is 23.4 Å². The molecule has 28 heavy (non-hydrogen) atoms. The lowest BCUT2D eigenvalue weighted by Gasteiger charge is -2.22. The van der Waals surface area contributed by atoms with Crippen LogP contribution in [0.1, 0.15) is 37.7 Å². The predicted molar refractivity (Wildman–Crippen MR) is 100 cm³/mol. The van der Waals surface area contributed by atoms with Crippen molar-refractivity contribution in [2.45, 2.75) is 44.8 Å². The average Bonchev–Trinajstić information content (AvgIpc) is 3.00. The van der Waals surface area contributed by atoms with Crippen LogP contribution in [0.4, 0.5) is 13.2 Å². The number of fused-ring (bicyclic) bond motifs is 1. The van der Waals surface area contributed by atoms with Crippen LogP contribution in [0, 0.1) is 5.92 Å². The summed E-state index contributed by atoms with van der Waals surface area (Å²) in [5, 5.41) is 24.6. The minimum absolute atomic E-state index is 0.0445. The lowest BCUT2D eigenvalue weighted by atomic mass is 9.89. The first-order valence-corrected chi connectivity index (χ1v) is 9.43. The van der Waals surface area contributed by atoms with Crippen LogP contribution in [0.5, 0.6) is 11.5 Å². The molecule has 3 aromatic rings. The van der Waals surface area contributed by atoms with Crippen molar-refractivity contribution in [3.05, 3.63) is 42.0 Å². The van der Waals surface area contributed by atoms with E-state index in [4.69, 9.17) is 0 Å². The molecule has 1 aliphatic rings. The highest BCUT2D eigenvalue weighted by molar-refractivity contribution is 5.96. The second-order valence-corrected chi connectivity index (χ2v) is 7.44. The SMILES string of the molecule is Oc1ccc(-c2nn(CC3CCCCC3)c3c(C(F)(F)F)cccc23)c(O)c1. The standard InChI is InChI=1S/C21H21F3N2O2/c22-21(23,24)17-8-4-7-16-19(15-10-9-14(27)11-18(15)28)25-26(20(16)17)12-13-5-2-1-3-6-13/h4,7-11,13,27-28H,1-3,5-6,12H2. The van der Waals surface area contributed by atoms with E-state index in [9.17, 15) is 23.4 Å². The number of nitrogens with zero attached hydrogens (tertiary/aromatic N) is 2. The third-order valence-corrected chi connectivity index (χ3v) is 5.47. The Hall–Kier alpha value is -2.70. The zero-order valence-electron chi connectivity index (χ0n) is 15.2. The quantitative estimate of drug-likeness (QED) is 0.602. The monoisotopic (exact) mass is 390 g/mol. The smallest absolute Gasteiger partial charge is 0.418 e. The van der Waals surface area contributed by atoms with Crippen molar-refractivity contribution in [2.75, 3.05) is 0 Å². The summed E-state index contributed by atoms with van der Waals surface area (Å²) in [6.07, 6.45) is 0.794. The molecule has 2 aromatic carbocycles.